The molecule has 2 N–H and O–H groups in total. The molecular weight excluding hydrogens is 312 g/mol. The Balaban J connectivity index is 2.96. The number of hydrogen-bond acceptors (Lipinski definition) is 3. The minimum Gasteiger partial charge on any atom is -0.369 e. The van der Waals surface area contributed by atoms with Gasteiger partial charge in [-0.3, -0.25) is 9.59 Å². The van der Waals surface area contributed by atoms with Gasteiger partial charge in [-0.25, -0.2) is 0 Å². The van der Waals surface area contributed by atoms with Crippen molar-refractivity contribution in [2.75, 3.05) is 19.0 Å². The Labute approximate surface area is 120 Å². The fourth-order valence-electron chi connectivity index (χ4n) is 1.51. The van der Waals surface area contributed by atoms with E-state index in [1.54, 1.807) is 32.2 Å². The number of amides is 2. The molecule has 0 saturated heterocycles. The molecule has 6 heteroatoms. The monoisotopic (exact) mass is 328 g/mol. The lowest BCUT2D eigenvalue weighted by atomic mass is 10.1. The largest absolute Gasteiger partial charge is 0.369 e. The molecule has 5 nitrogen and oxygen atoms in total. The van der Waals surface area contributed by atoms with Gasteiger partial charge in [0.1, 0.15) is 6.10 Å². The van der Waals surface area contributed by atoms with Gasteiger partial charge < -0.3 is 15.4 Å². The summed E-state index contributed by atoms with van der Waals surface area (Å²) in [4.78, 5) is 23.6. The van der Waals surface area contributed by atoms with Crippen LogP contribution < -0.4 is 10.6 Å². The van der Waals surface area contributed by atoms with Crippen LogP contribution in [0.5, 0.6) is 0 Å². The Bertz CT molecular complexity index is 477. The van der Waals surface area contributed by atoms with Crippen LogP contribution in [0.1, 0.15) is 24.2 Å². The van der Waals surface area contributed by atoms with E-state index in [4.69, 9.17) is 4.74 Å². The van der Waals surface area contributed by atoms with E-state index in [1.165, 1.54) is 0 Å². The minimum absolute atomic E-state index is 0.258. The average molecular weight is 329 g/mol. The molecule has 1 aromatic carbocycles. The smallest absolute Gasteiger partial charge is 0.253 e. The molecule has 2 amide bonds. The summed E-state index contributed by atoms with van der Waals surface area (Å²) in [6.07, 6.45) is -0.568. The molecule has 1 rings (SSSR count). The second-order valence-corrected chi connectivity index (χ2v) is 4.77. The molecule has 1 unspecified atom stereocenters. The van der Waals surface area contributed by atoms with Crippen LogP contribution in [0.3, 0.4) is 0 Å². The van der Waals surface area contributed by atoms with Gasteiger partial charge in [-0.1, -0.05) is 15.9 Å². The number of rotatable bonds is 5. The number of nitrogens with one attached hydrogen (secondary N) is 2. The van der Waals surface area contributed by atoms with E-state index in [1.807, 2.05) is 6.92 Å². The molecule has 0 aliphatic heterocycles. The molecule has 104 valence electrons. The molecule has 0 fully saturated rings. The van der Waals surface area contributed by atoms with Crippen molar-refractivity contribution in [3.8, 4) is 0 Å². The first kappa shape index (κ1) is 15.7. The number of halogens is 1. The number of anilines is 1. The highest BCUT2D eigenvalue weighted by atomic mass is 79.9. The number of carbonyl (C=O) groups excluding carboxylic acids is 2. The van der Waals surface area contributed by atoms with Crippen molar-refractivity contribution in [3.05, 3.63) is 28.2 Å². The minimum atomic E-state index is -0.568. The maximum Gasteiger partial charge on any atom is 0.253 e. The molecular formula is C13H17BrN2O3. The highest BCUT2D eigenvalue weighted by Crippen LogP contribution is 2.21. The van der Waals surface area contributed by atoms with Crippen molar-refractivity contribution in [2.45, 2.75) is 20.0 Å². The van der Waals surface area contributed by atoms with Crippen LogP contribution in [-0.4, -0.2) is 31.6 Å². The fourth-order valence-corrected chi connectivity index (χ4v) is 1.87. The predicted octanol–water partition coefficient (Wildman–Crippen LogP) is 2.17. The van der Waals surface area contributed by atoms with Crippen LogP contribution in [0.4, 0.5) is 5.69 Å². The van der Waals surface area contributed by atoms with Gasteiger partial charge in [-0.05, 0) is 32.0 Å². The van der Waals surface area contributed by atoms with Crippen LogP contribution in [0.2, 0.25) is 0 Å². The van der Waals surface area contributed by atoms with Crippen molar-refractivity contribution in [1.82, 2.24) is 5.32 Å². The van der Waals surface area contributed by atoms with E-state index in [-0.39, 0.29) is 11.8 Å². The van der Waals surface area contributed by atoms with Crippen molar-refractivity contribution >= 4 is 33.4 Å². The summed E-state index contributed by atoms with van der Waals surface area (Å²) in [5.74, 6) is -0.544. The van der Waals surface area contributed by atoms with Gasteiger partial charge in [0.25, 0.3) is 11.8 Å². The quantitative estimate of drug-likeness (QED) is 0.870. The summed E-state index contributed by atoms with van der Waals surface area (Å²) in [5, 5.41) is 5.23. The molecule has 0 spiro atoms. The molecule has 0 saturated carbocycles. The highest BCUT2D eigenvalue weighted by molar-refractivity contribution is 9.10. The van der Waals surface area contributed by atoms with Crippen LogP contribution >= 0.6 is 15.9 Å². The molecule has 0 aliphatic rings. The highest BCUT2D eigenvalue weighted by Gasteiger charge is 2.17. The SMILES string of the molecule is CCOC(C)C(=O)Nc1cc(Br)ccc1C(=O)NC. The van der Waals surface area contributed by atoms with E-state index in [9.17, 15) is 9.59 Å². The molecule has 1 atom stereocenters. The van der Waals surface area contributed by atoms with Gasteiger partial charge in [0, 0.05) is 18.1 Å². The van der Waals surface area contributed by atoms with E-state index >= 15 is 0 Å². The second kappa shape index (κ2) is 7.25. The third kappa shape index (κ3) is 4.33. The standard InChI is InChI=1S/C13H17BrN2O3/c1-4-19-8(2)12(17)16-11-7-9(14)5-6-10(11)13(18)15-3/h5-8H,4H2,1-3H3,(H,15,18)(H,16,17). The van der Waals surface area contributed by atoms with Crippen LogP contribution in [-0.2, 0) is 9.53 Å². The third-order valence-corrected chi connectivity index (χ3v) is 2.99. The summed E-state index contributed by atoms with van der Waals surface area (Å²) in [5.41, 5.74) is 0.855. The van der Waals surface area contributed by atoms with Gasteiger partial charge in [0.2, 0.25) is 0 Å². The van der Waals surface area contributed by atoms with E-state index in [0.717, 1.165) is 4.47 Å². The molecule has 0 bridgehead atoms. The van der Waals surface area contributed by atoms with Gasteiger partial charge in [0.15, 0.2) is 0 Å². The molecule has 0 aromatic heterocycles. The maximum absolute atomic E-state index is 11.9. The normalized spacial score (nSPS) is 11.8. The Kier molecular flexibility index (Phi) is 5.98. The summed E-state index contributed by atoms with van der Waals surface area (Å²) in [7, 11) is 1.54. The van der Waals surface area contributed by atoms with Crippen molar-refractivity contribution < 1.29 is 14.3 Å². The first-order chi connectivity index (χ1) is 8.99. The Morgan fingerprint density at radius 3 is 2.68 bits per heavy atom. The second-order valence-electron chi connectivity index (χ2n) is 3.86. The lowest BCUT2D eigenvalue weighted by Gasteiger charge is -2.14. The van der Waals surface area contributed by atoms with E-state index in [0.29, 0.717) is 17.9 Å². The van der Waals surface area contributed by atoms with Crippen LogP contribution in [0, 0.1) is 0 Å². The zero-order valence-electron chi connectivity index (χ0n) is 11.1. The number of carbonyl (C=O) groups is 2. The maximum atomic E-state index is 11.9. The van der Waals surface area contributed by atoms with Crippen LogP contribution in [0.25, 0.3) is 0 Å². The van der Waals surface area contributed by atoms with Gasteiger partial charge >= 0.3 is 0 Å². The van der Waals surface area contributed by atoms with E-state index in [2.05, 4.69) is 26.6 Å². The molecule has 1 aromatic rings. The Morgan fingerprint density at radius 1 is 1.42 bits per heavy atom. The molecule has 19 heavy (non-hydrogen) atoms. The summed E-state index contributed by atoms with van der Waals surface area (Å²) < 4.78 is 5.99. The van der Waals surface area contributed by atoms with Gasteiger partial charge in [-0.2, -0.15) is 0 Å². The number of ether oxygens (including phenoxy) is 1. The Hall–Kier alpha value is -1.40. The summed E-state index contributed by atoms with van der Waals surface area (Å²) in [6.45, 7) is 3.94. The molecule has 0 aliphatic carbocycles. The summed E-state index contributed by atoms with van der Waals surface area (Å²) in [6, 6.07) is 5.07. The first-order valence-electron chi connectivity index (χ1n) is 5.93. The Morgan fingerprint density at radius 2 is 2.11 bits per heavy atom. The van der Waals surface area contributed by atoms with Crippen LogP contribution in [0.15, 0.2) is 22.7 Å². The number of hydrogen-bond donors (Lipinski definition) is 2. The third-order valence-electron chi connectivity index (χ3n) is 2.50. The predicted molar refractivity (Wildman–Crippen MR) is 77.2 cm³/mol. The van der Waals surface area contributed by atoms with Crippen molar-refractivity contribution in [2.24, 2.45) is 0 Å². The zero-order valence-corrected chi connectivity index (χ0v) is 12.7. The van der Waals surface area contributed by atoms with Crippen molar-refractivity contribution in [3.63, 3.8) is 0 Å². The average Bonchev–Trinajstić information content (AvgIpc) is 2.38. The number of benzene rings is 1. The lowest BCUT2D eigenvalue weighted by Crippen LogP contribution is -2.29. The zero-order chi connectivity index (χ0) is 14.4. The topological polar surface area (TPSA) is 67.4 Å². The molecule has 0 heterocycles. The molecule has 0 radical (unpaired) electrons. The van der Waals surface area contributed by atoms with Gasteiger partial charge in [0.05, 0.1) is 11.3 Å². The lowest BCUT2D eigenvalue weighted by molar-refractivity contribution is -0.126. The first-order valence-corrected chi connectivity index (χ1v) is 6.73. The summed E-state index contributed by atoms with van der Waals surface area (Å²) >= 11 is 3.31. The van der Waals surface area contributed by atoms with E-state index < -0.39 is 6.10 Å². The fraction of sp³-hybridized carbons (Fsp3) is 0.385. The van der Waals surface area contributed by atoms with Gasteiger partial charge in [-0.15, -0.1) is 0 Å². The van der Waals surface area contributed by atoms with Crippen molar-refractivity contribution in [1.29, 1.82) is 0 Å².